The van der Waals surface area contributed by atoms with Crippen molar-refractivity contribution in [3.63, 3.8) is 0 Å². The Hall–Kier alpha value is -2.78. The molecule has 0 aromatic heterocycles. The van der Waals surface area contributed by atoms with Gasteiger partial charge in [-0.1, -0.05) is 35.9 Å². The van der Waals surface area contributed by atoms with Gasteiger partial charge in [0.15, 0.2) is 0 Å². The van der Waals surface area contributed by atoms with Gasteiger partial charge in [-0.2, -0.15) is 0 Å². The van der Waals surface area contributed by atoms with Crippen molar-refractivity contribution in [2.24, 2.45) is 0 Å². The van der Waals surface area contributed by atoms with Crippen LogP contribution >= 0.6 is 11.6 Å². The maximum atomic E-state index is 12.5. The first-order chi connectivity index (χ1) is 12.5. The summed E-state index contributed by atoms with van der Waals surface area (Å²) >= 11 is 6.05. The number of cyclic esters (lactones) is 1. The Morgan fingerprint density at radius 2 is 1.65 bits per heavy atom. The molecule has 3 aromatic carbocycles. The highest BCUT2D eigenvalue weighted by atomic mass is 35.5. The molecule has 1 aliphatic rings. The Balaban J connectivity index is 1.93. The van der Waals surface area contributed by atoms with Gasteiger partial charge in [-0.25, -0.2) is 4.79 Å². The van der Waals surface area contributed by atoms with Crippen LogP contribution in [0.5, 0.6) is 5.75 Å². The molecule has 130 valence electrons. The van der Waals surface area contributed by atoms with E-state index < -0.39 is 11.8 Å². The summed E-state index contributed by atoms with van der Waals surface area (Å²) < 4.78 is 12.3. The topological polar surface area (TPSA) is 35.5 Å². The first-order valence-corrected chi connectivity index (χ1v) is 8.73. The van der Waals surface area contributed by atoms with Gasteiger partial charge >= 0.3 is 11.8 Å². The van der Waals surface area contributed by atoms with Gasteiger partial charge in [-0.3, -0.25) is 0 Å². The van der Waals surface area contributed by atoms with E-state index in [2.05, 4.69) is 0 Å². The number of rotatable bonds is 3. The second-order valence-electron chi connectivity index (χ2n) is 6.36. The van der Waals surface area contributed by atoms with Crippen molar-refractivity contribution >= 4 is 17.6 Å². The number of esters is 1. The standard InChI is InChI=1S/C22H17ClO3/c1-14-6-5-9-20(15(14)2)25-22(16-10-12-17(23)13-11-16)19-8-4-3-7-18(19)21(24)26-22/h3-13H,1-2H3. The molecule has 0 N–H and O–H groups in total. The molecule has 1 atom stereocenters. The molecule has 4 heteroatoms. The predicted molar refractivity (Wildman–Crippen MR) is 101 cm³/mol. The summed E-state index contributed by atoms with van der Waals surface area (Å²) in [5.41, 5.74) is 4.01. The average Bonchev–Trinajstić information content (AvgIpc) is 2.93. The second-order valence-corrected chi connectivity index (χ2v) is 6.80. The first kappa shape index (κ1) is 16.7. The maximum Gasteiger partial charge on any atom is 0.342 e. The normalized spacial score (nSPS) is 18.3. The summed E-state index contributed by atoms with van der Waals surface area (Å²) in [7, 11) is 0. The molecule has 26 heavy (non-hydrogen) atoms. The molecule has 0 bridgehead atoms. The van der Waals surface area contributed by atoms with Crippen molar-refractivity contribution in [2.75, 3.05) is 0 Å². The Morgan fingerprint density at radius 1 is 0.923 bits per heavy atom. The van der Waals surface area contributed by atoms with E-state index in [-0.39, 0.29) is 0 Å². The van der Waals surface area contributed by atoms with Crippen molar-refractivity contribution in [3.8, 4) is 5.75 Å². The third-order valence-electron chi connectivity index (χ3n) is 4.77. The molecule has 3 aromatic rings. The van der Waals surface area contributed by atoms with E-state index in [1.807, 2.05) is 62.4 Å². The van der Waals surface area contributed by atoms with Gasteiger partial charge in [-0.15, -0.1) is 0 Å². The molecule has 3 nitrogen and oxygen atoms in total. The summed E-state index contributed by atoms with van der Waals surface area (Å²) in [5.74, 6) is -1.07. The van der Waals surface area contributed by atoms with Crippen LogP contribution in [-0.4, -0.2) is 5.97 Å². The summed E-state index contributed by atoms with van der Waals surface area (Å²) in [6.45, 7) is 4.01. The van der Waals surface area contributed by atoms with Gasteiger partial charge in [0.1, 0.15) is 5.75 Å². The number of benzene rings is 3. The quantitative estimate of drug-likeness (QED) is 0.583. The zero-order chi connectivity index (χ0) is 18.3. The Labute approximate surface area is 157 Å². The molecule has 0 spiro atoms. The molecule has 1 heterocycles. The van der Waals surface area contributed by atoms with Crippen LogP contribution in [0.25, 0.3) is 0 Å². The van der Waals surface area contributed by atoms with Crippen molar-refractivity contribution in [3.05, 3.63) is 99.6 Å². The van der Waals surface area contributed by atoms with Gasteiger partial charge in [0.2, 0.25) is 0 Å². The number of fused-ring (bicyclic) bond motifs is 1. The van der Waals surface area contributed by atoms with Gasteiger partial charge in [-0.05, 0) is 67.4 Å². The van der Waals surface area contributed by atoms with E-state index in [1.165, 1.54) is 0 Å². The molecule has 0 saturated heterocycles. The van der Waals surface area contributed by atoms with Crippen LogP contribution in [0.15, 0.2) is 66.7 Å². The monoisotopic (exact) mass is 364 g/mol. The van der Waals surface area contributed by atoms with Gasteiger partial charge in [0, 0.05) is 10.6 Å². The third-order valence-corrected chi connectivity index (χ3v) is 5.02. The zero-order valence-electron chi connectivity index (χ0n) is 14.5. The molecular formula is C22H17ClO3. The van der Waals surface area contributed by atoms with Crippen molar-refractivity contribution in [2.45, 2.75) is 19.6 Å². The molecule has 0 aliphatic carbocycles. The minimum absolute atomic E-state index is 0.402. The fraction of sp³-hybridized carbons (Fsp3) is 0.136. The minimum Gasteiger partial charge on any atom is -0.444 e. The lowest BCUT2D eigenvalue weighted by molar-refractivity contribution is -0.109. The SMILES string of the molecule is Cc1cccc(OC2(c3ccc(Cl)cc3)OC(=O)c3ccccc32)c1C. The molecule has 4 rings (SSSR count). The highest BCUT2D eigenvalue weighted by molar-refractivity contribution is 6.30. The average molecular weight is 365 g/mol. The second kappa shape index (κ2) is 6.19. The van der Waals surface area contributed by atoms with Crippen LogP contribution in [0.4, 0.5) is 0 Å². The van der Waals surface area contributed by atoms with Crippen LogP contribution in [0, 0.1) is 13.8 Å². The Kier molecular flexibility index (Phi) is 3.97. The third kappa shape index (κ3) is 2.56. The molecule has 0 saturated carbocycles. The van der Waals surface area contributed by atoms with E-state index in [9.17, 15) is 4.79 Å². The van der Waals surface area contributed by atoms with Crippen molar-refractivity contribution in [1.29, 1.82) is 0 Å². The number of ether oxygens (including phenoxy) is 2. The van der Waals surface area contributed by atoms with Gasteiger partial charge in [0.05, 0.1) is 11.1 Å². The first-order valence-electron chi connectivity index (χ1n) is 8.35. The van der Waals surface area contributed by atoms with Crippen LogP contribution in [0.1, 0.15) is 32.6 Å². The van der Waals surface area contributed by atoms with Crippen LogP contribution in [-0.2, 0) is 10.5 Å². The minimum atomic E-state index is -1.34. The molecule has 1 aliphatic heterocycles. The lowest BCUT2D eigenvalue weighted by Gasteiger charge is -2.31. The van der Waals surface area contributed by atoms with E-state index in [0.29, 0.717) is 27.5 Å². The maximum absolute atomic E-state index is 12.5. The number of aryl methyl sites for hydroxylation is 1. The van der Waals surface area contributed by atoms with E-state index >= 15 is 0 Å². The highest BCUT2D eigenvalue weighted by Crippen LogP contribution is 2.44. The van der Waals surface area contributed by atoms with E-state index in [1.54, 1.807) is 18.2 Å². The highest BCUT2D eigenvalue weighted by Gasteiger charge is 2.49. The summed E-state index contributed by atoms with van der Waals surface area (Å²) in [6, 6.07) is 20.3. The van der Waals surface area contributed by atoms with E-state index in [4.69, 9.17) is 21.1 Å². The number of carbonyl (C=O) groups excluding carboxylic acids is 1. The van der Waals surface area contributed by atoms with Crippen LogP contribution < -0.4 is 4.74 Å². The molecule has 0 amide bonds. The van der Waals surface area contributed by atoms with Gasteiger partial charge in [0.25, 0.3) is 0 Å². The van der Waals surface area contributed by atoms with Crippen molar-refractivity contribution < 1.29 is 14.3 Å². The lowest BCUT2D eigenvalue weighted by atomic mass is 9.95. The number of hydrogen-bond donors (Lipinski definition) is 0. The summed E-state index contributed by atoms with van der Waals surface area (Å²) in [6.07, 6.45) is 0. The largest absolute Gasteiger partial charge is 0.444 e. The van der Waals surface area contributed by atoms with Crippen LogP contribution in [0.2, 0.25) is 5.02 Å². The summed E-state index contributed by atoms with van der Waals surface area (Å²) in [4.78, 5) is 12.5. The molecule has 0 fully saturated rings. The van der Waals surface area contributed by atoms with E-state index in [0.717, 1.165) is 11.1 Å². The fourth-order valence-electron chi connectivity index (χ4n) is 3.20. The molecular weight excluding hydrogens is 348 g/mol. The zero-order valence-corrected chi connectivity index (χ0v) is 15.2. The Morgan fingerprint density at radius 3 is 2.42 bits per heavy atom. The number of carbonyl (C=O) groups is 1. The number of halogens is 1. The lowest BCUT2D eigenvalue weighted by Crippen LogP contribution is -2.35. The molecule has 1 unspecified atom stereocenters. The smallest absolute Gasteiger partial charge is 0.342 e. The number of hydrogen-bond acceptors (Lipinski definition) is 3. The Bertz CT molecular complexity index is 995. The fourth-order valence-corrected chi connectivity index (χ4v) is 3.32. The summed E-state index contributed by atoms with van der Waals surface area (Å²) in [5, 5.41) is 0.605. The van der Waals surface area contributed by atoms with Gasteiger partial charge < -0.3 is 9.47 Å². The molecule has 0 radical (unpaired) electrons. The van der Waals surface area contributed by atoms with Crippen LogP contribution in [0.3, 0.4) is 0 Å². The predicted octanol–water partition coefficient (Wildman–Crippen LogP) is 5.41. The van der Waals surface area contributed by atoms with Crippen molar-refractivity contribution in [1.82, 2.24) is 0 Å².